The van der Waals surface area contributed by atoms with Gasteiger partial charge < -0.3 is 4.74 Å². The van der Waals surface area contributed by atoms with E-state index < -0.39 is 0 Å². The summed E-state index contributed by atoms with van der Waals surface area (Å²) in [6.07, 6.45) is 0.792. The highest BCUT2D eigenvalue weighted by molar-refractivity contribution is 7.22. The second-order valence-corrected chi connectivity index (χ2v) is 8.27. The number of carbonyl (C=O) groups excluding carboxylic acids is 1. The highest BCUT2D eigenvalue weighted by Gasteiger charge is 2.23. The van der Waals surface area contributed by atoms with E-state index in [2.05, 4.69) is 9.88 Å². The third-order valence-electron chi connectivity index (χ3n) is 4.88. The minimum atomic E-state index is -0.316. The number of hydrogen-bond donors (Lipinski definition) is 0. The maximum Gasteiger partial charge on any atom is 0.261 e. The predicted molar refractivity (Wildman–Crippen MR) is 115 cm³/mol. The zero-order valence-electron chi connectivity index (χ0n) is 15.8. The number of anilines is 1. The molecule has 0 unspecified atom stereocenters. The van der Waals surface area contributed by atoms with Crippen molar-refractivity contribution in [2.45, 2.75) is 6.42 Å². The van der Waals surface area contributed by atoms with E-state index in [4.69, 9.17) is 16.3 Å². The minimum Gasteiger partial charge on any atom is -0.379 e. The summed E-state index contributed by atoms with van der Waals surface area (Å²) in [5.41, 5.74) is 1.11. The van der Waals surface area contributed by atoms with Crippen LogP contribution in [0.25, 0.3) is 10.2 Å². The SMILES string of the molecule is O=C(c1ccccc1Cl)N(CCCN1CCOCC1)c1nc2ccc(F)cc2s1. The van der Waals surface area contributed by atoms with Gasteiger partial charge in [-0.25, -0.2) is 9.37 Å². The largest absolute Gasteiger partial charge is 0.379 e. The van der Waals surface area contributed by atoms with Gasteiger partial charge in [-0.1, -0.05) is 35.1 Å². The van der Waals surface area contributed by atoms with Gasteiger partial charge in [0.25, 0.3) is 5.91 Å². The van der Waals surface area contributed by atoms with Crippen LogP contribution in [0.3, 0.4) is 0 Å². The number of carbonyl (C=O) groups is 1. The Bertz CT molecular complexity index is 1010. The summed E-state index contributed by atoms with van der Waals surface area (Å²) in [5.74, 6) is -0.513. The molecule has 0 saturated carbocycles. The molecule has 1 aromatic heterocycles. The van der Waals surface area contributed by atoms with Gasteiger partial charge in [0.2, 0.25) is 0 Å². The zero-order chi connectivity index (χ0) is 20.2. The van der Waals surface area contributed by atoms with E-state index in [1.807, 2.05) is 0 Å². The van der Waals surface area contributed by atoms with Crippen molar-refractivity contribution in [3.63, 3.8) is 0 Å². The molecule has 1 saturated heterocycles. The van der Waals surface area contributed by atoms with Crippen LogP contribution in [0.2, 0.25) is 5.02 Å². The standard InChI is InChI=1S/C21H21ClFN3O2S/c22-17-5-2-1-4-16(17)20(27)26(9-3-8-25-10-12-28-13-11-25)21-24-18-7-6-15(23)14-19(18)29-21/h1-2,4-7,14H,3,8-13H2. The molecule has 0 radical (unpaired) electrons. The van der Waals surface area contributed by atoms with Gasteiger partial charge in [-0.05, 0) is 36.8 Å². The second kappa shape index (κ2) is 9.17. The number of amides is 1. The third kappa shape index (κ3) is 4.75. The third-order valence-corrected chi connectivity index (χ3v) is 6.25. The molecular weight excluding hydrogens is 413 g/mol. The number of benzene rings is 2. The van der Waals surface area contributed by atoms with Crippen LogP contribution in [0, 0.1) is 5.82 Å². The Morgan fingerprint density at radius 2 is 2.03 bits per heavy atom. The predicted octanol–water partition coefficient (Wildman–Crippen LogP) is 4.46. The highest BCUT2D eigenvalue weighted by atomic mass is 35.5. The summed E-state index contributed by atoms with van der Waals surface area (Å²) < 4.78 is 19.7. The summed E-state index contributed by atoms with van der Waals surface area (Å²) in [6.45, 7) is 4.66. The van der Waals surface area contributed by atoms with Crippen LogP contribution in [0.4, 0.5) is 9.52 Å². The molecule has 1 aliphatic rings. The molecule has 0 N–H and O–H groups in total. The maximum absolute atomic E-state index is 13.6. The van der Waals surface area contributed by atoms with E-state index in [0.717, 1.165) is 39.3 Å². The first-order valence-electron chi connectivity index (χ1n) is 9.54. The van der Waals surface area contributed by atoms with Crippen molar-refractivity contribution in [2.75, 3.05) is 44.3 Å². The monoisotopic (exact) mass is 433 g/mol. The second-order valence-electron chi connectivity index (χ2n) is 6.85. The first kappa shape index (κ1) is 20.2. The Kier molecular flexibility index (Phi) is 6.40. The molecule has 1 fully saturated rings. The average molecular weight is 434 g/mol. The average Bonchev–Trinajstić information content (AvgIpc) is 3.14. The molecule has 1 aliphatic heterocycles. The number of hydrogen-bond acceptors (Lipinski definition) is 5. The minimum absolute atomic E-state index is 0.197. The van der Waals surface area contributed by atoms with Crippen LogP contribution < -0.4 is 4.90 Å². The molecule has 0 spiro atoms. The molecule has 0 atom stereocenters. The Balaban J connectivity index is 1.58. The van der Waals surface area contributed by atoms with E-state index in [1.54, 1.807) is 35.2 Å². The van der Waals surface area contributed by atoms with Crippen LogP contribution in [-0.2, 0) is 4.74 Å². The molecule has 2 aromatic carbocycles. The van der Waals surface area contributed by atoms with Crippen LogP contribution >= 0.6 is 22.9 Å². The van der Waals surface area contributed by atoms with Crippen molar-refractivity contribution in [3.05, 3.63) is 58.9 Å². The number of halogens is 2. The number of fused-ring (bicyclic) bond motifs is 1. The van der Waals surface area contributed by atoms with Gasteiger partial charge in [0.1, 0.15) is 5.82 Å². The van der Waals surface area contributed by atoms with Gasteiger partial charge >= 0.3 is 0 Å². The molecule has 4 rings (SSSR count). The number of ether oxygens (including phenoxy) is 1. The Hall–Kier alpha value is -2.06. The van der Waals surface area contributed by atoms with Gasteiger partial charge in [-0.3, -0.25) is 14.6 Å². The normalized spacial score (nSPS) is 15.0. The van der Waals surface area contributed by atoms with Crippen molar-refractivity contribution in [3.8, 4) is 0 Å². The van der Waals surface area contributed by atoms with Crippen molar-refractivity contribution >= 4 is 44.2 Å². The van der Waals surface area contributed by atoms with E-state index >= 15 is 0 Å². The van der Waals surface area contributed by atoms with Gasteiger partial charge in [-0.2, -0.15) is 0 Å². The number of thiazole rings is 1. The quantitative estimate of drug-likeness (QED) is 0.575. The molecule has 29 heavy (non-hydrogen) atoms. The van der Waals surface area contributed by atoms with E-state index in [9.17, 15) is 9.18 Å². The number of aromatic nitrogens is 1. The van der Waals surface area contributed by atoms with Gasteiger partial charge in [0, 0.05) is 26.2 Å². The summed E-state index contributed by atoms with van der Waals surface area (Å²) in [6, 6.07) is 11.5. The molecule has 152 valence electrons. The lowest BCUT2D eigenvalue weighted by Gasteiger charge is -2.27. The summed E-state index contributed by atoms with van der Waals surface area (Å²) in [5, 5.41) is 0.959. The first-order valence-corrected chi connectivity index (χ1v) is 10.7. The lowest BCUT2D eigenvalue weighted by atomic mass is 10.2. The molecule has 0 aliphatic carbocycles. The summed E-state index contributed by atoms with van der Waals surface area (Å²) >= 11 is 7.58. The lowest BCUT2D eigenvalue weighted by Crippen LogP contribution is -2.39. The molecule has 3 aromatic rings. The lowest BCUT2D eigenvalue weighted by molar-refractivity contribution is 0.0376. The van der Waals surface area contributed by atoms with Crippen molar-refractivity contribution in [1.29, 1.82) is 0 Å². The van der Waals surface area contributed by atoms with E-state index in [0.29, 0.717) is 32.5 Å². The highest BCUT2D eigenvalue weighted by Crippen LogP contribution is 2.31. The Morgan fingerprint density at radius 3 is 2.83 bits per heavy atom. The molecule has 0 bridgehead atoms. The Labute approximate surface area is 177 Å². The number of nitrogens with zero attached hydrogens (tertiary/aromatic N) is 3. The molecule has 1 amide bonds. The van der Waals surface area contributed by atoms with Crippen LogP contribution in [0.1, 0.15) is 16.8 Å². The van der Waals surface area contributed by atoms with E-state index in [-0.39, 0.29) is 11.7 Å². The van der Waals surface area contributed by atoms with Crippen molar-refractivity contribution in [1.82, 2.24) is 9.88 Å². The molecule has 8 heteroatoms. The maximum atomic E-state index is 13.6. The van der Waals surface area contributed by atoms with Gasteiger partial charge in [0.15, 0.2) is 5.13 Å². The number of rotatable bonds is 6. The number of morpholine rings is 1. The molecular formula is C21H21ClFN3O2S. The fraction of sp³-hybridized carbons (Fsp3) is 0.333. The van der Waals surface area contributed by atoms with Gasteiger partial charge in [0.05, 0.1) is 34.0 Å². The van der Waals surface area contributed by atoms with Crippen LogP contribution in [0.5, 0.6) is 0 Å². The zero-order valence-corrected chi connectivity index (χ0v) is 17.4. The fourth-order valence-corrected chi connectivity index (χ4v) is 4.57. The van der Waals surface area contributed by atoms with Crippen molar-refractivity contribution in [2.24, 2.45) is 0 Å². The molecule has 2 heterocycles. The topological polar surface area (TPSA) is 45.7 Å². The summed E-state index contributed by atoms with van der Waals surface area (Å²) in [7, 11) is 0. The van der Waals surface area contributed by atoms with Crippen molar-refractivity contribution < 1.29 is 13.9 Å². The summed E-state index contributed by atoms with van der Waals surface area (Å²) in [4.78, 5) is 21.9. The van der Waals surface area contributed by atoms with E-state index in [1.165, 1.54) is 23.5 Å². The smallest absolute Gasteiger partial charge is 0.261 e. The van der Waals surface area contributed by atoms with Gasteiger partial charge in [-0.15, -0.1) is 0 Å². The van der Waals surface area contributed by atoms with Crippen LogP contribution in [-0.4, -0.2) is 55.2 Å². The Morgan fingerprint density at radius 1 is 1.24 bits per heavy atom. The van der Waals surface area contributed by atoms with Crippen LogP contribution in [0.15, 0.2) is 42.5 Å². The first-order chi connectivity index (χ1) is 14.1. The molecule has 5 nitrogen and oxygen atoms in total. The fourth-order valence-electron chi connectivity index (χ4n) is 3.34.